The second-order valence-corrected chi connectivity index (χ2v) is 10.9. The molecule has 1 atom stereocenters. The molecule has 0 bridgehead atoms. The zero-order valence-electron chi connectivity index (χ0n) is 22.4. The highest BCUT2D eigenvalue weighted by molar-refractivity contribution is 14.1. The molecule has 0 saturated heterocycles. The Morgan fingerprint density at radius 1 is 0.923 bits per heavy atom. The van der Waals surface area contributed by atoms with Crippen molar-refractivity contribution in [3.05, 3.63) is 105 Å². The highest BCUT2D eigenvalue weighted by Crippen LogP contribution is 2.26. The number of ether oxygens (including phenoxy) is 3. The predicted octanol–water partition coefficient (Wildman–Crippen LogP) is 6.48. The lowest BCUT2D eigenvalue weighted by molar-refractivity contribution is -0.157. The molecule has 1 N–H and O–H groups in total. The summed E-state index contributed by atoms with van der Waals surface area (Å²) in [6.07, 6.45) is 1.14. The van der Waals surface area contributed by atoms with Crippen LogP contribution in [0.15, 0.2) is 84.9 Å². The molecule has 0 aliphatic carbocycles. The van der Waals surface area contributed by atoms with Gasteiger partial charge in [0.2, 0.25) is 0 Å². The number of amides is 1. The minimum absolute atomic E-state index is 0.0723. The molecule has 0 heterocycles. The molecule has 0 radical (unpaired) electrons. The zero-order chi connectivity index (χ0) is 28.4. The normalized spacial score (nSPS) is 12.3. The number of allylic oxidation sites excluding steroid dienone is 1. The fourth-order valence-electron chi connectivity index (χ4n) is 3.64. The molecule has 7 nitrogen and oxygen atoms in total. The molecule has 39 heavy (non-hydrogen) atoms. The van der Waals surface area contributed by atoms with Gasteiger partial charge >= 0.3 is 18.0 Å². The van der Waals surface area contributed by atoms with E-state index in [1.165, 1.54) is 0 Å². The largest absolute Gasteiger partial charge is 0.458 e. The molecule has 1 amide bonds. The molecule has 8 heteroatoms. The van der Waals surface area contributed by atoms with Crippen LogP contribution in [0.4, 0.5) is 4.79 Å². The summed E-state index contributed by atoms with van der Waals surface area (Å²) >= 11 is 2.08. The maximum Gasteiger partial charge on any atom is 0.408 e. The highest BCUT2D eigenvalue weighted by Gasteiger charge is 2.28. The third-order valence-electron chi connectivity index (χ3n) is 5.43. The lowest BCUT2D eigenvalue weighted by Gasteiger charge is -2.24. The second-order valence-electron chi connectivity index (χ2n) is 9.72. The zero-order valence-corrected chi connectivity index (χ0v) is 24.6. The molecule has 0 aliphatic heterocycles. The summed E-state index contributed by atoms with van der Waals surface area (Å²) in [5.74, 6) is -0.655. The van der Waals surface area contributed by atoms with E-state index in [9.17, 15) is 14.4 Å². The summed E-state index contributed by atoms with van der Waals surface area (Å²) < 4.78 is 17.2. The minimum Gasteiger partial charge on any atom is -0.458 e. The Morgan fingerprint density at radius 3 is 2.15 bits per heavy atom. The molecule has 0 saturated carbocycles. The highest BCUT2D eigenvalue weighted by atomic mass is 127. The number of carbonyl (C=O) groups excluding carboxylic acids is 3. The SMILES string of the molecule is C/C=C(/C(=O)Oc1ccc(C[C@H](NC(=O)OCc2ccccc2)C(=O)OC(C)(C)C)cc1I)c1ccccc1. The van der Waals surface area contributed by atoms with Crippen LogP contribution in [0.25, 0.3) is 5.57 Å². The Labute approximate surface area is 242 Å². The summed E-state index contributed by atoms with van der Waals surface area (Å²) in [6.45, 7) is 7.14. The number of nitrogens with one attached hydrogen (secondary N) is 1. The topological polar surface area (TPSA) is 90.9 Å². The summed E-state index contributed by atoms with van der Waals surface area (Å²) in [6, 6.07) is 22.8. The molecule has 0 aromatic heterocycles. The Bertz CT molecular complexity index is 1320. The molecule has 3 rings (SSSR count). The Kier molecular flexibility index (Phi) is 10.7. The average Bonchev–Trinajstić information content (AvgIpc) is 2.89. The van der Waals surface area contributed by atoms with E-state index in [1.54, 1.807) is 52.0 Å². The molecule has 3 aromatic carbocycles. The first-order chi connectivity index (χ1) is 18.6. The number of halogens is 1. The van der Waals surface area contributed by atoms with Gasteiger partial charge in [-0.3, -0.25) is 0 Å². The van der Waals surface area contributed by atoms with Gasteiger partial charge in [-0.15, -0.1) is 0 Å². The van der Waals surface area contributed by atoms with Gasteiger partial charge in [0.15, 0.2) is 0 Å². The summed E-state index contributed by atoms with van der Waals surface area (Å²) in [4.78, 5) is 38.3. The Balaban J connectivity index is 1.71. The first-order valence-electron chi connectivity index (χ1n) is 12.5. The second kappa shape index (κ2) is 13.9. The monoisotopic (exact) mass is 641 g/mol. The van der Waals surface area contributed by atoms with E-state index in [4.69, 9.17) is 14.2 Å². The van der Waals surface area contributed by atoms with E-state index in [1.807, 2.05) is 60.7 Å². The van der Waals surface area contributed by atoms with E-state index in [0.717, 1.165) is 16.7 Å². The first-order valence-corrected chi connectivity index (χ1v) is 13.6. The number of hydrogen-bond donors (Lipinski definition) is 1. The fourth-order valence-corrected chi connectivity index (χ4v) is 4.33. The van der Waals surface area contributed by atoms with Gasteiger partial charge < -0.3 is 19.5 Å². The molecular weight excluding hydrogens is 609 g/mol. The van der Waals surface area contributed by atoms with Gasteiger partial charge in [0.25, 0.3) is 0 Å². The van der Waals surface area contributed by atoms with Crippen molar-refractivity contribution < 1.29 is 28.6 Å². The fraction of sp³-hybridized carbons (Fsp3) is 0.258. The van der Waals surface area contributed by atoms with E-state index in [0.29, 0.717) is 14.9 Å². The molecule has 0 spiro atoms. The van der Waals surface area contributed by atoms with Crippen LogP contribution in [0.3, 0.4) is 0 Å². The van der Waals surface area contributed by atoms with E-state index >= 15 is 0 Å². The Morgan fingerprint density at radius 2 is 1.56 bits per heavy atom. The maximum atomic E-state index is 12.9. The lowest BCUT2D eigenvalue weighted by Crippen LogP contribution is -2.45. The van der Waals surface area contributed by atoms with Crippen molar-refractivity contribution in [3.8, 4) is 5.75 Å². The third-order valence-corrected chi connectivity index (χ3v) is 6.27. The molecular formula is C31H32INO6. The minimum atomic E-state index is -0.982. The molecule has 0 fully saturated rings. The number of benzene rings is 3. The smallest absolute Gasteiger partial charge is 0.408 e. The van der Waals surface area contributed by atoms with Crippen molar-refractivity contribution in [2.24, 2.45) is 0 Å². The van der Waals surface area contributed by atoms with Crippen LogP contribution in [0.2, 0.25) is 0 Å². The molecule has 3 aromatic rings. The predicted molar refractivity (Wildman–Crippen MR) is 158 cm³/mol. The lowest BCUT2D eigenvalue weighted by atomic mass is 10.0. The quantitative estimate of drug-likeness (QED) is 0.125. The first kappa shape index (κ1) is 29.9. The van der Waals surface area contributed by atoms with Crippen LogP contribution in [-0.4, -0.2) is 29.7 Å². The van der Waals surface area contributed by atoms with E-state index in [-0.39, 0.29) is 13.0 Å². The summed E-state index contributed by atoms with van der Waals surface area (Å²) in [5, 5.41) is 2.63. The van der Waals surface area contributed by atoms with Crippen LogP contribution in [0, 0.1) is 3.57 Å². The van der Waals surface area contributed by atoms with Crippen molar-refractivity contribution in [3.63, 3.8) is 0 Å². The van der Waals surface area contributed by atoms with Crippen molar-refractivity contribution >= 4 is 46.2 Å². The van der Waals surface area contributed by atoms with Crippen LogP contribution >= 0.6 is 22.6 Å². The number of hydrogen-bond acceptors (Lipinski definition) is 6. The number of esters is 2. The summed E-state index contributed by atoms with van der Waals surface area (Å²) in [7, 11) is 0. The van der Waals surface area contributed by atoms with Gasteiger partial charge in [-0.25, -0.2) is 14.4 Å². The van der Waals surface area contributed by atoms with Gasteiger partial charge in [0.1, 0.15) is 24.0 Å². The van der Waals surface area contributed by atoms with Crippen molar-refractivity contribution in [2.75, 3.05) is 0 Å². The average molecular weight is 642 g/mol. The van der Waals surface area contributed by atoms with Gasteiger partial charge in [-0.1, -0.05) is 72.8 Å². The maximum absolute atomic E-state index is 12.9. The van der Waals surface area contributed by atoms with Crippen LogP contribution in [0.1, 0.15) is 44.4 Å². The summed E-state index contributed by atoms with van der Waals surface area (Å²) in [5.41, 5.74) is 2.06. The van der Waals surface area contributed by atoms with Gasteiger partial charge in [0.05, 0.1) is 9.14 Å². The van der Waals surface area contributed by atoms with Crippen LogP contribution < -0.4 is 10.1 Å². The van der Waals surface area contributed by atoms with Crippen LogP contribution in [-0.2, 0) is 32.1 Å². The van der Waals surface area contributed by atoms with Gasteiger partial charge in [-0.2, -0.15) is 0 Å². The van der Waals surface area contributed by atoms with E-state index < -0.39 is 29.7 Å². The van der Waals surface area contributed by atoms with Crippen LogP contribution in [0.5, 0.6) is 5.75 Å². The molecule has 0 aliphatic rings. The van der Waals surface area contributed by atoms with E-state index in [2.05, 4.69) is 27.9 Å². The van der Waals surface area contributed by atoms with Gasteiger partial charge in [0, 0.05) is 6.42 Å². The third kappa shape index (κ3) is 9.55. The van der Waals surface area contributed by atoms with Gasteiger partial charge in [-0.05, 0) is 79.1 Å². The number of carbonyl (C=O) groups is 3. The van der Waals surface area contributed by atoms with Crippen molar-refractivity contribution in [1.29, 1.82) is 0 Å². The standard InChI is InChI=1S/C31H32INO6/c1-5-24(23-14-10-7-11-15-23)28(34)38-27-17-16-22(18-25(27)32)19-26(29(35)39-31(2,3)4)33-30(36)37-20-21-12-8-6-9-13-21/h5-18,26H,19-20H2,1-4H3,(H,33,36)/b24-5+/t26-/m0/s1. The number of rotatable bonds is 9. The molecule has 0 unspecified atom stereocenters. The number of alkyl carbamates (subject to hydrolysis) is 1. The Hall–Kier alpha value is -3.66. The van der Waals surface area contributed by atoms with Crippen molar-refractivity contribution in [1.82, 2.24) is 5.32 Å². The van der Waals surface area contributed by atoms with Crippen molar-refractivity contribution in [2.45, 2.75) is 52.4 Å². The molecule has 204 valence electrons.